The number of ether oxygens (including phenoxy) is 2. The fourth-order valence-electron chi connectivity index (χ4n) is 2.24. The number of nitrogens with zero attached hydrogens (tertiary/aromatic N) is 4. The number of fused-ring (bicyclic) bond motifs is 1. The van der Waals surface area contributed by atoms with Crippen LogP contribution in [0.25, 0.3) is 11.0 Å². The number of aromatic nitrogens is 4. The zero-order valence-corrected chi connectivity index (χ0v) is 19.0. The average Bonchev–Trinajstić information content (AvgIpc) is 2.93. The summed E-state index contributed by atoms with van der Waals surface area (Å²) >= 11 is 3.50. The summed E-state index contributed by atoms with van der Waals surface area (Å²) < 4.78 is 12.4. The van der Waals surface area contributed by atoms with Gasteiger partial charge >= 0.3 is 12.1 Å². The molecule has 0 saturated heterocycles. The summed E-state index contributed by atoms with van der Waals surface area (Å²) in [5, 5.41) is 8.65. The number of esters is 1. The van der Waals surface area contributed by atoms with Crippen LogP contribution in [0.5, 0.6) is 0 Å². The standard InChI is InChI=1S/C16H22IN5O4S/c1-8(7-18-15(24)26-16(2,3)4)22-12-9(10(17)21-22)13(27-6)20-11(19-12)14(23)25-5/h8H,7H2,1-6H3,(H,18,24)/t8-/m0/s1. The molecule has 9 nitrogen and oxygen atoms in total. The Morgan fingerprint density at radius 3 is 2.56 bits per heavy atom. The monoisotopic (exact) mass is 507 g/mol. The number of nitrogens with one attached hydrogen (secondary N) is 1. The van der Waals surface area contributed by atoms with Gasteiger partial charge in [0.15, 0.2) is 5.65 Å². The molecule has 2 rings (SSSR count). The minimum atomic E-state index is -0.616. The van der Waals surface area contributed by atoms with Crippen molar-refractivity contribution in [1.29, 1.82) is 0 Å². The van der Waals surface area contributed by atoms with Gasteiger partial charge in [0.2, 0.25) is 5.82 Å². The van der Waals surface area contributed by atoms with Crippen LogP contribution < -0.4 is 5.32 Å². The lowest BCUT2D eigenvalue weighted by molar-refractivity contribution is 0.0519. The van der Waals surface area contributed by atoms with Crippen LogP contribution in [0.2, 0.25) is 0 Å². The van der Waals surface area contributed by atoms with Crippen molar-refractivity contribution in [3.63, 3.8) is 0 Å². The van der Waals surface area contributed by atoms with Gasteiger partial charge in [-0.05, 0) is 56.5 Å². The molecule has 1 amide bonds. The molecule has 2 aromatic rings. The fraction of sp³-hybridized carbons (Fsp3) is 0.562. The first kappa shape index (κ1) is 21.7. The Hall–Kier alpha value is -1.63. The van der Waals surface area contributed by atoms with Crippen molar-refractivity contribution in [2.24, 2.45) is 0 Å². The van der Waals surface area contributed by atoms with E-state index in [0.29, 0.717) is 14.4 Å². The van der Waals surface area contributed by atoms with Crippen molar-refractivity contribution >= 4 is 57.4 Å². The van der Waals surface area contributed by atoms with Gasteiger partial charge in [0.1, 0.15) is 14.3 Å². The van der Waals surface area contributed by atoms with Crippen LogP contribution >= 0.6 is 34.4 Å². The van der Waals surface area contributed by atoms with Gasteiger partial charge < -0.3 is 14.8 Å². The van der Waals surface area contributed by atoms with Crippen LogP contribution in [0.1, 0.15) is 44.4 Å². The van der Waals surface area contributed by atoms with Gasteiger partial charge in [0, 0.05) is 6.54 Å². The molecule has 27 heavy (non-hydrogen) atoms. The Bertz CT molecular complexity index is 865. The maximum absolute atomic E-state index is 11.9. The Balaban J connectivity index is 2.34. The number of halogens is 1. The molecule has 0 radical (unpaired) electrons. The fourth-order valence-corrected chi connectivity index (χ4v) is 3.72. The molecule has 11 heteroatoms. The van der Waals surface area contributed by atoms with Gasteiger partial charge in [-0.1, -0.05) is 0 Å². The van der Waals surface area contributed by atoms with E-state index in [4.69, 9.17) is 9.47 Å². The molecule has 1 atom stereocenters. The third-order valence-electron chi connectivity index (χ3n) is 3.40. The van der Waals surface area contributed by atoms with E-state index in [9.17, 15) is 9.59 Å². The van der Waals surface area contributed by atoms with E-state index in [1.165, 1.54) is 18.9 Å². The molecule has 0 aliphatic carbocycles. The third kappa shape index (κ3) is 5.21. The molecule has 0 fully saturated rings. The quantitative estimate of drug-likeness (QED) is 0.285. The summed E-state index contributed by atoms with van der Waals surface area (Å²) in [6.07, 6.45) is 1.36. The minimum absolute atomic E-state index is 0.0285. The minimum Gasteiger partial charge on any atom is -0.463 e. The molecule has 148 valence electrons. The number of carbonyl (C=O) groups is 2. The van der Waals surface area contributed by atoms with Gasteiger partial charge in [0.25, 0.3) is 0 Å². The molecule has 0 saturated carbocycles. The smallest absolute Gasteiger partial charge is 0.407 e. The molecule has 2 aromatic heterocycles. The largest absolute Gasteiger partial charge is 0.463 e. The first-order valence-corrected chi connectivity index (χ1v) is 10.4. The lowest BCUT2D eigenvalue weighted by atomic mass is 10.2. The zero-order valence-electron chi connectivity index (χ0n) is 16.0. The second-order valence-electron chi connectivity index (χ2n) is 6.71. The zero-order chi connectivity index (χ0) is 20.4. The summed E-state index contributed by atoms with van der Waals surface area (Å²) in [5.74, 6) is -0.645. The number of hydrogen-bond donors (Lipinski definition) is 1. The van der Waals surface area contributed by atoms with Crippen LogP contribution in [-0.2, 0) is 9.47 Å². The van der Waals surface area contributed by atoms with E-state index in [1.807, 2.05) is 13.2 Å². The number of hydrogen-bond acceptors (Lipinski definition) is 8. The van der Waals surface area contributed by atoms with Gasteiger partial charge in [-0.3, -0.25) is 0 Å². The van der Waals surface area contributed by atoms with Gasteiger partial charge in [-0.2, -0.15) is 5.10 Å². The Morgan fingerprint density at radius 1 is 1.33 bits per heavy atom. The van der Waals surface area contributed by atoms with E-state index in [-0.39, 0.29) is 18.4 Å². The molecule has 0 aromatic carbocycles. The Morgan fingerprint density at radius 2 is 2.00 bits per heavy atom. The molecule has 0 bridgehead atoms. The first-order chi connectivity index (χ1) is 12.6. The maximum atomic E-state index is 11.9. The van der Waals surface area contributed by atoms with Crippen molar-refractivity contribution in [3.8, 4) is 0 Å². The highest BCUT2D eigenvalue weighted by atomic mass is 127. The predicted molar refractivity (Wildman–Crippen MR) is 110 cm³/mol. The molecule has 0 spiro atoms. The van der Waals surface area contributed by atoms with Crippen molar-refractivity contribution in [2.75, 3.05) is 19.9 Å². The van der Waals surface area contributed by atoms with E-state index in [2.05, 4.69) is 43.0 Å². The van der Waals surface area contributed by atoms with Crippen LogP contribution in [-0.4, -0.2) is 57.3 Å². The van der Waals surface area contributed by atoms with Gasteiger partial charge in [-0.15, -0.1) is 11.8 Å². The van der Waals surface area contributed by atoms with Gasteiger partial charge in [0.05, 0.1) is 18.5 Å². The van der Waals surface area contributed by atoms with Crippen LogP contribution in [0.15, 0.2) is 5.03 Å². The molecule has 1 N–H and O–H groups in total. The third-order valence-corrected chi connectivity index (χ3v) is 4.83. The Kier molecular flexibility index (Phi) is 6.89. The van der Waals surface area contributed by atoms with Crippen molar-refractivity contribution < 1.29 is 19.1 Å². The summed E-state index contributed by atoms with van der Waals surface area (Å²) in [6, 6.07) is -0.223. The number of thioether (sulfide) groups is 1. The normalized spacial score (nSPS) is 12.7. The topological polar surface area (TPSA) is 108 Å². The predicted octanol–water partition coefficient (Wildman–Crippen LogP) is 3.03. The number of amides is 1. The molecular formula is C16H22IN5O4S. The summed E-state index contributed by atoms with van der Waals surface area (Å²) in [5.41, 5.74) is -0.0607. The van der Waals surface area contributed by atoms with E-state index < -0.39 is 17.7 Å². The highest BCUT2D eigenvalue weighted by molar-refractivity contribution is 14.1. The second-order valence-corrected chi connectivity index (χ2v) is 8.53. The lowest BCUT2D eigenvalue weighted by Gasteiger charge is -2.21. The SMILES string of the molecule is COC(=O)c1nc(SC)c2c(I)nn([C@@H](C)CNC(=O)OC(C)(C)C)c2n1. The van der Waals surface area contributed by atoms with Crippen LogP contribution in [0.4, 0.5) is 4.79 Å². The number of carbonyl (C=O) groups excluding carboxylic acids is 2. The summed E-state index contributed by atoms with van der Waals surface area (Å²) in [7, 11) is 1.28. The molecule has 0 aliphatic heterocycles. The average molecular weight is 507 g/mol. The number of methoxy groups -OCH3 is 1. The highest BCUT2D eigenvalue weighted by Gasteiger charge is 2.23. The van der Waals surface area contributed by atoms with E-state index >= 15 is 0 Å². The van der Waals surface area contributed by atoms with Crippen molar-refractivity contribution in [1.82, 2.24) is 25.1 Å². The maximum Gasteiger partial charge on any atom is 0.407 e. The molecule has 2 heterocycles. The summed E-state index contributed by atoms with van der Waals surface area (Å²) in [4.78, 5) is 32.4. The van der Waals surface area contributed by atoms with E-state index in [0.717, 1.165) is 5.39 Å². The highest BCUT2D eigenvalue weighted by Crippen LogP contribution is 2.29. The number of alkyl carbamates (subject to hydrolysis) is 1. The molecule has 0 unspecified atom stereocenters. The van der Waals surface area contributed by atoms with Crippen molar-refractivity contribution in [2.45, 2.75) is 44.4 Å². The van der Waals surface area contributed by atoms with Gasteiger partial charge in [-0.25, -0.2) is 24.2 Å². The molecule has 0 aliphatic rings. The number of rotatable bonds is 5. The first-order valence-electron chi connectivity index (χ1n) is 8.12. The summed E-state index contributed by atoms with van der Waals surface area (Å²) in [6.45, 7) is 7.57. The van der Waals surface area contributed by atoms with Crippen molar-refractivity contribution in [3.05, 3.63) is 9.53 Å². The molecular weight excluding hydrogens is 485 g/mol. The Labute approximate surface area is 175 Å². The van der Waals surface area contributed by atoms with Crippen LogP contribution in [0, 0.1) is 3.70 Å². The van der Waals surface area contributed by atoms with E-state index in [1.54, 1.807) is 25.5 Å². The second kappa shape index (κ2) is 8.59. The van der Waals surface area contributed by atoms with Crippen LogP contribution in [0.3, 0.4) is 0 Å². The lowest BCUT2D eigenvalue weighted by Crippen LogP contribution is -2.35.